The van der Waals surface area contributed by atoms with Crippen LogP contribution in [0.25, 0.3) is 11.1 Å². The van der Waals surface area contributed by atoms with Gasteiger partial charge in [-0.3, -0.25) is 5.87 Å². The van der Waals surface area contributed by atoms with Gasteiger partial charge in [-0.25, -0.2) is 9.59 Å². The van der Waals surface area contributed by atoms with E-state index >= 15 is 0 Å². The molecule has 8 nitrogen and oxygen atoms in total. The summed E-state index contributed by atoms with van der Waals surface area (Å²) in [5.74, 6) is 0.312. The molecule has 0 atom stereocenters. The first kappa shape index (κ1) is 21.1. The standard InChI is InChI=1S/C19H20N4O4S/c1-4-27-19(25)16(17(28-3)15(10-20)18(24)26-2)22-12-21-23(13-22)11-14-8-6-5-7-9-14/h5-9,12-13H,4,11H2,1-3H3/b17-16-. The summed E-state index contributed by atoms with van der Waals surface area (Å²) in [6, 6.07) is 9.69. The van der Waals surface area contributed by atoms with Crippen LogP contribution in [-0.4, -0.2) is 47.6 Å². The highest BCUT2D eigenvalue weighted by molar-refractivity contribution is 8.02. The molecule has 0 fully saturated rings. The lowest BCUT2D eigenvalue weighted by Gasteiger charge is -2.11. The van der Waals surface area contributed by atoms with Crippen molar-refractivity contribution in [2.75, 3.05) is 20.0 Å². The Balaban J connectivity index is 2.53. The van der Waals surface area contributed by atoms with E-state index in [0.29, 0.717) is 6.54 Å². The second-order valence-electron chi connectivity index (χ2n) is 5.42. The van der Waals surface area contributed by atoms with Gasteiger partial charge in [0.25, 0.3) is 6.33 Å². The maximum atomic E-state index is 12.6. The average molecular weight is 400 g/mol. The number of hydrogen-bond acceptors (Lipinski definition) is 6. The summed E-state index contributed by atoms with van der Waals surface area (Å²) in [6.07, 6.45) is 4.68. The smallest absolute Gasteiger partial charge is 0.372 e. The minimum atomic E-state index is -0.828. The Bertz CT molecular complexity index is 930. The zero-order valence-electron chi connectivity index (χ0n) is 15.8. The lowest BCUT2D eigenvalue weighted by atomic mass is 10.2. The predicted octanol–water partition coefficient (Wildman–Crippen LogP) is 1.65. The third kappa shape index (κ3) is 4.97. The molecule has 0 aliphatic carbocycles. The van der Waals surface area contributed by atoms with E-state index in [-0.39, 0.29) is 22.8 Å². The second-order valence-corrected chi connectivity index (χ2v) is 6.23. The van der Waals surface area contributed by atoms with E-state index in [2.05, 4.69) is 9.84 Å². The minimum absolute atomic E-state index is 0.0237. The first-order chi connectivity index (χ1) is 13.5. The Morgan fingerprint density at radius 3 is 2.57 bits per heavy atom. The summed E-state index contributed by atoms with van der Waals surface area (Å²) in [5.41, 5.74) is 0.778. The van der Waals surface area contributed by atoms with Gasteiger partial charge in [0, 0.05) is 5.10 Å². The van der Waals surface area contributed by atoms with Crippen LogP contribution in [0.1, 0.15) is 12.5 Å². The largest absolute Gasteiger partial charge is 0.763 e. The van der Waals surface area contributed by atoms with Gasteiger partial charge in [-0.15, -0.1) is 16.4 Å². The van der Waals surface area contributed by atoms with Crippen molar-refractivity contribution in [1.82, 2.24) is 9.78 Å². The highest BCUT2D eigenvalue weighted by Gasteiger charge is 2.28. The van der Waals surface area contributed by atoms with Crippen LogP contribution < -0.4 is 4.57 Å². The second kappa shape index (κ2) is 10.2. The molecule has 0 amide bonds. The molecule has 0 unspecified atom stereocenters. The Labute approximate surface area is 167 Å². The topological polar surface area (TPSA) is 96.6 Å². The maximum Gasteiger partial charge on any atom is 0.372 e. The molecule has 1 aromatic carbocycles. The third-order valence-corrected chi connectivity index (χ3v) is 4.45. The van der Waals surface area contributed by atoms with Gasteiger partial charge in [-0.2, -0.15) is 4.57 Å². The molecule has 1 aromatic heterocycles. The van der Waals surface area contributed by atoms with Crippen LogP contribution in [0.4, 0.5) is 0 Å². The fourth-order valence-electron chi connectivity index (χ4n) is 2.42. The number of carbonyl (C=O) groups excluding carboxylic acids is 2. The van der Waals surface area contributed by atoms with Gasteiger partial charge in [0.1, 0.15) is 6.54 Å². The van der Waals surface area contributed by atoms with Crippen molar-refractivity contribution >= 4 is 35.3 Å². The van der Waals surface area contributed by atoms with Crippen molar-refractivity contribution in [3.63, 3.8) is 0 Å². The number of ether oxygens (including phenoxy) is 2. The van der Waals surface area contributed by atoms with Crippen molar-refractivity contribution in [1.29, 1.82) is 0 Å². The predicted molar refractivity (Wildman–Crippen MR) is 105 cm³/mol. The van der Waals surface area contributed by atoms with Gasteiger partial charge in [-0.05, 0) is 18.7 Å². The van der Waals surface area contributed by atoms with Crippen LogP contribution in [0.2, 0.25) is 0 Å². The summed E-state index contributed by atoms with van der Waals surface area (Å²) >= 11 is 1.08. The van der Waals surface area contributed by atoms with Crippen LogP contribution in [0.15, 0.2) is 53.5 Å². The van der Waals surface area contributed by atoms with E-state index < -0.39 is 11.9 Å². The number of rotatable bonds is 8. The molecule has 1 heterocycles. The van der Waals surface area contributed by atoms with Crippen LogP contribution in [0.3, 0.4) is 0 Å². The van der Waals surface area contributed by atoms with Crippen molar-refractivity contribution in [3.05, 3.63) is 64.4 Å². The van der Waals surface area contributed by atoms with Gasteiger partial charge < -0.3 is 14.9 Å². The lowest BCUT2D eigenvalue weighted by molar-refractivity contribution is -0.579. The fraction of sp³-hybridized carbons (Fsp3) is 0.263. The Morgan fingerprint density at radius 2 is 2.00 bits per heavy atom. The number of hydrogen-bond donors (Lipinski definition) is 0. The molecule has 0 saturated carbocycles. The van der Waals surface area contributed by atoms with Crippen LogP contribution >= 0.6 is 11.8 Å². The first-order valence-corrected chi connectivity index (χ1v) is 9.57. The molecule has 28 heavy (non-hydrogen) atoms. The minimum Gasteiger partial charge on any atom is -0.763 e. The van der Waals surface area contributed by atoms with E-state index in [1.54, 1.807) is 24.2 Å². The van der Waals surface area contributed by atoms with Gasteiger partial charge in [0.2, 0.25) is 12.0 Å². The molecule has 0 aliphatic heterocycles. The zero-order chi connectivity index (χ0) is 20.5. The number of nitrogens with zero attached hydrogens (tertiary/aromatic N) is 4. The van der Waals surface area contributed by atoms with Gasteiger partial charge in [0.15, 0.2) is 0 Å². The van der Waals surface area contributed by atoms with Crippen LogP contribution in [0, 0.1) is 0 Å². The Hall–Kier alpha value is -3.16. The molecule has 9 heteroatoms. The van der Waals surface area contributed by atoms with Crippen molar-refractivity contribution in [2.45, 2.75) is 13.5 Å². The van der Waals surface area contributed by atoms with Crippen molar-refractivity contribution in [2.24, 2.45) is 0 Å². The third-order valence-electron chi connectivity index (χ3n) is 3.64. The van der Waals surface area contributed by atoms with E-state index in [1.165, 1.54) is 18.0 Å². The fourth-order valence-corrected chi connectivity index (χ4v) is 3.13. The molecular formula is C19H20N4O4S. The molecule has 0 bridgehead atoms. The van der Waals surface area contributed by atoms with E-state index in [0.717, 1.165) is 17.3 Å². The number of methoxy groups -OCH3 is 1. The molecule has 0 N–H and O–H groups in total. The summed E-state index contributed by atoms with van der Waals surface area (Å²) in [5, 5.41) is 13.7. The number of thioether (sulfide) groups is 1. The molecule has 0 saturated heterocycles. The summed E-state index contributed by atoms with van der Waals surface area (Å²) in [6.45, 7) is 2.31. The lowest BCUT2D eigenvalue weighted by Crippen LogP contribution is -2.37. The highest BCUT2D eigenvalue weighted by atomic mass is 32.2. The SMILES string of the molecule is CCOC(=O)/C(=C(/SC)C(=C=[N-])C(=O)OC)[n+]1cnn(Cc2ccccc2)c1. The summed E-state index contributed by atoms with van der Waals surface area (Å²) < 4.78 is 12.9. The molecule has 0 radical (unpaired) electrons. The number of benzene rings is 1. The quantitative estimate of drug-likeness (QED) is 0.220. The zero-order valence-corrected chi connectivity index (χ0v) is 16.6. The van der Waals surface area contributed by atoms with Crippen molar-refractivity contribution in [3.8, 4) is 0 Å². The maximum absolute atomic E-state index is 12.6. The van der Waals surface area contributed by atoms with Gasteiger partial charge in [-0.1, -0.05) is 30.3 Å². The first-order valence-electron chi connectivity index (χ1n) is 8.34. The van der Waals surface area contributed by atoms with Gasteiger partial charge >= 0.3 is 11.9 Å². The number of carbonyl (C=O) groups is 2. The molecule has 2 rings (SSSR count). The van der Waals surface area contributed by atoms with Crippen LogP contribution in [0.5, 0.6) is 0 Å². The Kier molecular flexibility index (Phi) is 7.74. The van der Waals surface area contributed by atoms with E-state index in [4.69, 9.17) is 4.74 Å². The molecule has 0 spiro atoms. The molecule has 0 aliphatic rings. The number of esters is 2. The molecule has 146 valence electrons. The monoisotopic (exact) mass is 400 g/mol. The molecular weight excluding hydrogens is 380 g/mol. The van der Waals surface area contributed by atoms with Crippen molar-refractivity contribution < 1.29 is 23.6 Å². The summed E-state index contributed by atoms with van der Waals surface area (Å²) in [7, 11) is 1.17. The normalized spacial score (nSPS) is 11.2. The van der Waals surface area contributed by atoms with Crippen LogP contribution in [-0.2, 0) is 25.6 Å². The average Bonchev–Trinajstić information content (AvgIpc) is 3.16. The van der Waals surface area contributed by atoms with E-state index in [9.17, 15) is 15.0 Å². The highest BCUT2D eigenvalue weighted by Crippen LogP contribution is 2.26. The van der Waals surface area contributed by atoms with E-state index in [1.807, 2.05) is 36.2 Å². The number of aromatic nitrogens is 3. The summed E-state index contributed by atoms with van der Waals surface area (Å²) in [4.78, 5) is 24.8. The Morgan fingerprint density at radius 1 is 1.29 bits per heavy atom. The van der Waals surface area contributed by atoms with Gasteiger partial charge in [0.05, 0.1) is 24.2 Å². The molecule has 2 aromatic rings.